The molecule has 1 amide bonds. The van der Waals surface area contributed by atoms with Gasteiger partial charge in [-0.3, -0.25) is 9.59 Å². The minimum Gasteiger partial charge on any atom is -0.375 e. The summed E-state index contributed by atoms with van der Waals surface area (Å²) in [5.41, 5.74) is 0.885. The molecule has 0 aromatic heterocycles. The van der Waals surface area contributed by atoms with Gasteiger partial charge in [-0.15, -0.1) is 0 Å². The molecule has 1 N–H and O–H groups in total. The van der Waals surface area contributed by atoms with Crippen molar-refractivity contribution < 1.29 is 14.7 Å². The monoisotopic (exact) mass is 443 g/mol. The number of aliphatic hydroxyl groups is 1. The summed E-state index contributed by atoms with van der Waals surface area (Å²) in [5.74, 6) is -0.883. The molecule has 4 nitrogen and oxygen atoms in total. The lowest BCUT2D eigenvalue weighted by Gasteiger charge is -2.22. The van der Waals surface area contributed by atoms with Crippen molar-refractivity contribution in [2.45, 2.75) is 18.6 Å². The highest BCUT2D eigenvalue weighted by atomic mass is 35.5. The Morgan fingerprint density at radius 1 is 0.969 bits per heavy atom. The zero-order chi connectivity index (χ0) is 22.6. The molecule has 0 unspecified atom stereocenters. The highest BCUT2D eigenvalue weighted by Gasteiger charge is 2.50. The molecule has 0 radical (unpaired) electrons. The first-order valence-electron chi connectivity index (χ1n) is 10.3. The maximum absolute atomic E-state index is 13.3. The van der Waals surface area contributed by atoms with Crippen LogP contribution in [0.15, 0.2) is 97.1 Å². The largest absolute Gasteiger partial charge is 0.375 e. The number of benzene rings is 3. The molecule has 1 heterocycles. The minimum absolute atomic E-state index is 0.292. The molecule has 1 atom stereocenters. The number of halogens is 1. The molecule has 0 spiro atoms. The standard InChI is InChI=1S/C27H22ClNO3/c28-22-15-16-25-24(17-22)27(32,26(31)29(25)19-21-12-5-2-6-13-21)18-23(30)14-8-7-11-20-9-3-1-4-10-20/h1-17,32H,18-19H2/b11-7+,14-8+/t27-/m1/s1. The summed E-state index contributed by atoms with van der Waals surface area (Å²) in [6, 6.07) is 24.1. The van der Waals surface area contributed by atoms with Crippen LogP contribution in [0, 0.1) is 0 Å². The van der Waals surface area contributed by atoms with E-state index in [9.17, 15) is 14.7 Å². The zero-order valence-corrected chi connectivity index (χ0v) is 18.1. The highest BCUT2D eigenvalue weighted by molar-refractivity contribution is 6.31. The minimum atomic E-state index is -1.96. The van der Waals surface area contributed by atoms with E-state index < -0.39 is 11.5 Å². The van der Waals surface area contributed by atoms with E-state index >= 15 is 0 Å². The Morgan fingerprint density at radius 3 is 2.38 bits per heavy atom. The van der Waals surface area contributed by atoms with Crippen LogP contribution in [-0.2, 0) is 21.7 Å². The van der Waals surface area contributed by atoms with Crippen LogP contribution in [-0.4, -0.2) is 16.8 Å². The first kappa shape index (κ1) is 21.8. The van der Waals surface area contributed by atoms with Crippen molar-refractivity contribution in [2.24, 2.45) is 0 Å². The van der Waals surface area contributed by atoms with Crippen LogP contribution in [0.25, 0.3) is 6.08 Å². The molecule has 3 aromatic carbocycles. The maximum atomic E-state index is 13.3. The van der Waals surface area contributed by atoms with Crippen LogP contribution < -0.4 is 4.90 Å². The summed E-state index contributed by atoms with van der Waals surface area (Å²) in [7, 11) is 0. The fraction of sp³-hybridized carbons (Fsp3) is 0.111. The predicted molar refractivity (Wildman–Crippen MR) is 127 cm³/mol. The third kappa shape index (κ3) is 4.57. The molecule has 32 heavy (non-hydrogen) atoms. The third-order valence-electron chi connectivity index (χ3n) is 5.39. The number of anilines is 1. The SMILES string of the molecule is O=C(/C=C/C=C/c1ccccc1)C[C@]1(O)C(=O)N(Cc2ccccc2)c2ccc(Cl)cc21. The molecular formula is C27H22ClNO3. The van der Waals surface area contributed by atoms with Gasteiger partial charge in [-0.05, 0) is 35.4 Å². The summed E-state index contributed by atoms with van der Waals surface area (Å²) in [6.45, 7) is 0.292. The van der Waals surface area contributed by atoms with Gasteiger partial charge in [-0.2, -0.15) is 0 Å². The van der Waals surface area contributed by atoms with Crippen LogP contribution in [0.4, 0.5) is 5.69 Å². The number of carbonyl (C=O) groups excluding carboxylic acids is 2. The number of carbonyl (C=O) groups is 2. The number of hydrogen-bond donors (Lipinski definition) is 1. The second-order valence-electron chi connectivity index (χ2n) is 7.67. The highest BCUT2D eigenvalue weighted by Crippen LogP contribution is 2.44. The van der Waals surface area contributed by atoms with E-state index in [-0.39, 0.29) is 12.2 Å². The van der Waals surface area contributed by atoms with Crippen LogP contribution >= 0.6 is 11.6 Å². The van der Waals surface area contributed by atoms with E-state index in [0.29, 0.717) is 22.8 Å². The van der Waals surface area contributed by atoms with Gasteiger partial charge in [0.1, 0.15) is 0 Å². The maximum Gasteiger partial charge on any atom is 0.264 e. The number of fused-ring (bicyclic) bond motifs is 1. The summed E-state index contributed by atoms with van der Waals surface area (Å²) < 4.78 is 0. The topological polar surface area (TPSA) is 57.6 Å². The van der Waals surface area contributed by atoms with Gasteiger partial charge in [0, 0.05) is 10.6 Å². The lowest BCUT2D eigenvalue weighted by molar-refractivity contribution is -0.140. The predicted octanol–water partition coefficient (Wildman–Crippen LogP) is 5.30. The lowest BCUT2D eigenvalue weighted by atomic mass is 9.90. The Morgan fingerprint density at radius 2 is 1.66 bits per heavy atom. The van der Waals surface area contributed by atoms with Gasteiger partial charge < -0.3 is 10.0 Å². The first-order valence-corrected chi connectivity index (χ1v) is 10.7. The van der Waals surface area contributed by atoms with Gasteiger partial charge in [0.2, 0.25) is 0 Å². The number of nitrogens with zero attached hydrogens (tertiary/aromatic N) is 1. The molecule has 1 aliphatic heterocycles. The Kier molecular flexibility index (Phi) is 6.35. The van der Waals surface area contributed by atoms with Gasteiger partial charge in [-0.1, -0.05) is 90.5 Å². The molecule has 5 heteroatoms. The van der Waals surface area contributed by atoms with Gasteiger partial charge in [0.15, 0.2) is 11.4 Å². The van der Waals surface area contributed by atoms with Crippen LogP contribution in [0.5, 0.6) is 0 Å². The second kappa shape index (κ2) is 9.35. The van der Waals surface area contributed by atoms with Crippen molar-refractivity contribution >= 4 is 35.1 Å². The van der Waals surface area contributed by atoms with Gasteiger partial charge in [0.25, 0.3) is 5.91 Å². The first-order chi connectivity index (χ1) is 15.5. The van der Waals surface area contributed by atoms with Crippen molar-refractivity contribution in [3.8, 4) is 0 Å². The molecule has 3 aromatic rings. The molecule has 0 bridgehead atoms. The Hall–Kier alpha value is -3.47. The molecule has 4 rings (SSSR count). The van der Waals surface area contributed by atoms with E-state index in [1.165, 1.54) is 11.0 Å². The Balaban J connectivity index is 1.55. The van der Waals surface area contributed by atoms with E-state index in [1.54, 1.807) is 30.4 Å². The number of ketones is 1. The van der Waals surface area contributed by atoms with Crippen molar-refractivity contribution in [3.05, 3.63) is 119 Å². The average molecular weight is 444 g/mol. The van der Waals surface area contributed by atoms with Gasteiger partial charge in [0.05, 0.1) is 18.7 Å². The molecule has 0 saturated carbocycles. The van der Waals surface area contributed by atoms with E-state index in [1.807, 2.05) is 66.7 Å². The molecule has 0 saturated heterocycles. The molecule has 160 valence electrons. The average Bonchev–Trinajstić information content (AvgIpc) is 2.99. The summed E-state index contributed by atoms with van der Waals surface area (Å²) in [5, 5.41) is 11.8. The summed E-state index contributed by atoms with van der Waals surface area (Å²) in [6.07, 6.45) is 6.24. The molecule has 0 fully saturated rings. The Labute approximate surface area is 192 Å². The quantitative estimate of drug-likeness (QED) is 0.398. The van der Waals surface area contributed by atoms with Crippen LogP contribution in [0.3, 0.4) is 0 Å². The van der Waals surface area contributed by atoms with Gasteiger partial charge in [-0.25, -0.2) is 0 Å². The van der Waals surface area contributed by atoms with Crippen molar-refractivity contribution in [2.75, 3.05) is 4.90 Å². The zero-order valence-electron chi connectivity index (χ0n) is 17.3. The smallest absolute Gasteiger partial charge is 0.264 e. The van der Waals surface area contributed by atoms with E-state index in [0.717, 1.165) is 11.1 Å². The molecule has 0 aliphatic carbocycles. The third-order valence-corrected chi connectivity index (χ3v) is 5.62. The van der Waals surface area contributed by atoms with Crippen molar-refractivity contribution in [1.82, 2.24) is 0 Å². The van der Waals surface area contributed by atoms with E-state index in [2.05, 4.69) is 0 Å². The lowest BCUT2D eigenvalue weighted by Crippen LogP contribution is -2.41. The molecule has 1 aliphatic rings. The fourth-order valence-corrected chi connectivity index (χ4v) is 3.99. The van der Waals surface area contributed by atoms with Crippen molar-refractivity contribution in [3.63, 3.8) is 0 Å². The fourth-order valence-electron chi connectivity index (χ4n) is 3.82. The number of hydrogen-bond acceptors (Lipinski definition) is 3. The number of amides is 1. The van der Waals surface area contributed by atoms with Gasteiger partial charge >= 0.3 is 0 Å². The summed E-state index contributed by atoms with van der Waals surface area (Å²) in [4.78, 5) is 27.4. The molecular weight excluding hydrogens is 422 g/mol. The number of rotatable bonds is 7. The Bertz CT molecular complexity index is 1190. The normalized spacial score (nSPS) is 17.9. The summed E-state index contributed by atoms with van der Waals surface area (Å²) >= 11 is 6.15. The van der Waals surface area contributed by atoms with E-state index in [4.69, 9.17) is 11.6 Å². The second-order valence-corrected chi connectivity index (χ2v) is 8.11. The van der Waals surface area contributed by atoms with Crippen LogP contribution in [0.1, 0.15) is 23.1 Å². The van der Waals surface area contributed by atoms with Crippen molar-refractivity contribution in [1.29, 1.82) is 0 Å². The van der Waals surface area contributed by atoms with Crippen LogP contribution in [0.2, 0.25) is 5.02 Å². The number of allylic oxidation sites excluding steroid dienone is 3.